The van der Waals surface area contributed by atoms with Gasteiger partial charge in [0.1, 0.15) is 0 Å². The van der Waals surface area contributed by atoms with Crippen molar-refractivity contribution in [1.82, 2.24) is 0 Å². The SMILES string of the molecule is C=C1CC(N)CCC1(C)C. The molecule has 0 aliphatic heterocycles. The van der Waals surface area contributed by atoms with E-state index in [-0.39, 0.29) is 0 Å². The molecule has 0 aromatic rings. The molecule has 1 nitrogen and oxygen atoms in total. The predicted molar refractivity (Wildman–Crippen MR) is 44.7 cm³/mol. The van der Waals surface area contributed by atoms with Gasteiger partial charge in [0.15, 0.2) is 0 Å². The van der Waals surface area contributed by atoms with Gasteiger partial charge in [0.2, 0.25) is 0 Å². The van der Waals surface area contributed by atoms with Gasteiger partial charge in [0.25, 0.3) is 0 Å². The minimum atomic E-state index is 0.343. The summed E-state index contributed by atoms with van der Waals surface area (Å²) < 4.78 is 0. The zero-order valence-corrected chi connectivity index (χ0v) is 6.98. The fourth-order valence-corrected chi connectivity index (χ4v) is 1.42. The normalized spacial score (nSPS) is 32.3. The number of hydrogen-bond acceptors (Lipinski definition) is 1. The zero-order chi connectivity index (χ0) is 7.78. The molecule has 0 aromatic heterocycles. The molecule has 1 unspecified atom stereocenters. The largest absolute Gasteiger partial charge is 0.327 e. The third-order valence-corrected chi connectivity index (χ3v) is 2.61. The van der Waals surface area contributed by atoms with Gasteiger partial charge in [-0.15, -0.1) is 0 Å². The van der Waals surface area contributed by atoms with Crippen LogP contribution in [-0.4, -0.2) is 6.04 Å². The lowest BCUT2D eigenvalue weighted by Gasteiger charge is -2.35. The van der Waals surface area contributed by atoms with E-state index in [0.717, 1.165) is 12.8 Å². The highest BCUT2D eigenvalue weighted by molar-refractivity contribution is 5.11. The maximum absolute atomic E-state index is 5.79. The Labute approximate surface area is 63.3 Å². The highest BCUT2D eigenvalue weighted by Crippen LogP contribution is 2.38. The standard InChI is InChI=1S/C9H17N/c1-7-6-8(10)4-5-9(7,2)3/h8H,1,4-6,10H2,2-3H3. The lowest BCUT2D eigenvalue weighted by Crippen LogP contribution is -2.32. The Morgan fingerprint density at radius 2 is 2.20 bits per heavy atom. The Kier molecular flexibility index (Phi) is 1.86. The average molecular weight is 139 g/mol. The van der Waals surface area contributed by atoms with Gasteiger partial charge in [-0.25, -0.2) is 0 Å². The van der Waals surface area contributed by atoms with Crippen LogP contribution in [0.3, 0.4) is 0 Å². The first-order valence-corrected chi connectivity index (χ1v) is 3.96. The van der Waals surface area contributed by atoms with Crippen molar-refractivity contribution < 1.29 is 0 Å². The monoisotopic (exact) mass is 139 g/mol. The molecule has 0 heterocycles. The molecule has 0 amide bonds. The Bertz CT molecular complexity index is 147. The molecule has 0 saturated heterocycles. The highest BCUT2D eigenvalue weighted by Gasteiger charge is 2.28. The second kappa shape index (κ2) is 2.39. The van der Waals surface area contributed by atoms with Crippen LogP contribution in [-0.2, 0) is 0 Å². The molecule has 1 aliphatic carbocycles. The second-order valence-electron chi connectivity index (χ2n) is 3.99. The third kappa shape index (κ3) is 1.40. The summed E-state index contributed by atoms with van der Waals surface area (Å²) in [5, 5.41) is 0. The molecule has 1 fully saturated rings. The van der Waals surface area contributed by atoms with Crippen molar-refractivity contribution >= 4 is 0 Å². The average Bonchev–Trinajstić information content (AvgIpc) is 1.81. The highest BCUT2D eigenvalue weighted by atomic mass is 14.6. The number of nitrogens with two attached hydrogens (primary N) is 1. The summed E-state index contributed by atoms with van der Waals surface area (Å²) >= 11 is 0. The molecule has 0 aromatic carbocycles. The summed E-state index contributed by atoms with van der Waals surface area (Å²) in [6.45, 7) is 8.54. The Balaban J connectivity index is 2.61. The van der Waals surface area contributed by atoms with Crippen LogP contribution in [0.4, 0.5) is 0 Å². The van der Waals surface area contributed by atoms with Crippen molar-refractivity contribution in [3.8, 4) is 0 Å². The summed E-state index contributed by atoms with van der Waals surface area (Å²) in [6.07, 6.45) is 3.38. The quantitative estimate of drug-likeness (QED) is 0.511. The van der Waals surface area contributed by atoms with Crippen LogP contribution in [0, 0.1) is 5.41 Å². The van der Waals surface area contributed by atoms with Crippen LogP contribution >= 0.6 is 0 Å². The maximum atomic E-state index is 5.79. The van der Waals surface area contributed by atoms with Crippen molar-refractivity contribution in [2.45, 2.75) is 39.2 Å². The summed E-state index contributed by atoms with van der Waals surface area (Å²) in [4.78, 5) is 0. The Morgan fingerprint density at radius 1 is 1.60 bits per heavy atom. The van der Waals surface area contributed by atoms with E-state index in [9.17, 15) is 0 Å². The predicted octanol–water partition coefficient (Wildman–Crippen LogP) is 2.08. The van der Waals surface area contributed by atoms with Gasteiger partial charge in [-0.3, -0.25) is 0 Å². The van der Waals surface area contributed by atoms with Crippen molar-refractivity contribution in [3.63, 3.8) is 0 Å². The molecule has 2 N–H and O–H groups in total. The smallest absolute Gasteiger partial charge is 0.00765 e. The molecule has 1 heteroatoms. The van der Waals surface area contributed by atoms with Crippen LogP contribution in [0.2, 0.25) is 0 Å². The van der Waals surface area contributed by atoms with Crippen molar-refractivity contribution in [1.29, 1.82) is 0 Å². The Morgan fingerprint density at radius 3 is 2.60 bits per heavy atom. The number of hydrogen-bond donors (Lipinski definition) is 1. The van der Waals surface area contributed by atoms with Crippen molar-refractivity contribution in [3.05, 3.63) is 12.2 Å². The molecular weight excluding hydrogens is 122 g/mol. The van der Waals surface area contributed by atoms with Crippen LogP contribution in [0.1, 0.15) is 33.1 Å². The van der Waals surface area contributed by atoms with E-state index in [1.165, 1.54) is 12.0 Å². The molecule has 1 aliphatic rings. The minimum Gasteiger partial charge on any atom is -0.327 e. The van der Waals surface area contributed by atoms with Crippen LogP contribution in [0.25, 0.3) is 0 Å². The first-order valence-electron chi connectivity index (χ1n) is 3.96. The van der Waals surface area contributed by atoms with E-state index in [1.54, 1.807) is 0 Å². The van der Waals surface area contributed by atoms with Gasteiger partial charge < -0.3 is 5.73 Å². The fourth-order valence-electron chi connectivity index (χ4n) is 1.42. The lowest BCUT2D eigenvalue weighted by molar-refractivity contribution is 0.314. The zero-order valence-electron chi connectivity index (χ0n) is 6.98. The molecule has 58 valence electrons. The molecule has 0 bridgehead atoms. The van der Waals surface area contributed by atoms with Gasteiger partial charge in [0, 0.05) is 6.04 Å². The summed E-state index contributed by atoms with van der Waals surface area (Å²) in [5.41, 5.74) is 7.45. The van der Waals surface area contributed by atoms with Crippen molar-refractivity contribution in [2.24, 2.45) is 11.1 Å². The topological polar surface area (TPSA) is 26.0 Å². The van der Waals surface area contributed by atoms with Gasteiger partial charge in [0.05, 0.1) is 0 Å². The summed E-state index contributed by atoms with van der Waals surface area (Å²) in [7, 11) is 0. The lowest BCUT2D eigenvalue weighted by atomic mass is 9.72. The van der Waals surface area contributed by atoms with Gasteiger partial charge in [-0.05, 0) is 24.7 Å². The van der Waals surface area contributed by atoms with Gasteiger partial charge in [-0.2, -0.15) is 0 Å². The van der Waals surface area contributed by atoms with E-state index in [2.05, 4.69) is 20.4 Å². The summed E-state index contributed by atoms with van der Waals surface area (Å²) in [6, 6.07) is 0.375. The fraction of sp³-hybridized carbons (Fsp3) is 0.778. The third-order valence-electron chi connectivity index (χ3n) is 2.61. The van der Waals surface area contributed by atoms with Crippen LogP contribution < -0.4 is 5.73 Å². The molecule has 10 heavy (non-hydrogen) atoms. The van der Waals surface area contributed by atoms with E-state index >= 15 is 0 Å². The van der Waals surface area contributed by atoms with Crippen LogP contribution in [0.5, 0.6) is 0 Å². The molecule has 1 rings (SSSR count). The molecule has 0 spiro atoms. The molecular formula is C9H17N. The van der Waals surface area contributed by atoms with E-state index in [1.807, 2.05) is 0 Å². The first-order chi connectivity index (χ1) is 4.52. The van der Waals surface area contributed by atoms with Crippen molar-refractivity contribution in [2.75, 3.05) is 0 Å². The number of rotatable bonds is 0. The van der Waals surface area contributed by atoms with Crippen LogP contribution in [0.15, 0.2) is 12.2 Å². The van der Waals surface area contributed by atoms with E-state index < -0.39 is 0 Å². The summed E-state index contributed by atoms with van der Waals surface area (Å²) in [5.74, 6) is 0. The molecule has 1 saturated carbocycles. The van der Waals surface area contributed by atoms with E-state index in [4.69, 9.17) is 5.73 Å². The molecule has 1 atom stereocenters. The maximum Gasteiger partial charge on any atom is 0.00765 e. The Hall–Kier alpha value is -0.300. The minimum absolute atomic E-state index is 0.343. The first kappa shape index (κ1) is 7.80. The molecule has 0 radical (unpaired) electrons. The van der Waals surface area contributed by atoms with Gasteiger partial charge in [-0.1, -0.05) is 26.0 Å². The van der Waals surface area contributed by atoms with E-state index in [0.29, 0.717) is 11.5 Å². The van der Waals surface area contributed by atoms with Gasteiger partial charge >= 0.3 is 0 Å². The second-order valence-corrected chi connectivity index (χ2v) is 3.99.